The first-order valence-electron chi connectivity index (χ1n) is 6.56. The standard InChI is InChI=1S/C14H17NO3S/c1-11-4-6-13(7-5-11)19(17,18)15-8-2-3-12-9-14(12,15)10-16/h4-7,10,12H,2-3,8-9H2,1H3/t12-,14-/m1/s1. The molecule has 1 aromatic rings. The molecular formula is C14H17NO3S. The molecular weight excluding hydrogens is 262 g/mol. The molecule has 19 heavy (non-hydrogen) atoms. The zero-order valence-electron chi connectivity index (χ0n) is 10.9. The Labute approximate surface area is 113 Å². The van der Waals surface area contributed by atoms with Gasteiger partial charge in [0, 0.05) is 6.54 Å². The molecule has 2 atom stereocenters. The van der Waals surface area contributed by atoms with Gasteiger partial charge in [0.15, 0.2) is 0 Å². The molecule has 0 spiro atoms. The average Bonchev–Trinajstić information content (AvgIpc) is 3.13. The summed E-state index contributed by atoms with van der Waals surface area (Å²) in [6.07, 6.45) is 3.31. The second-order valence-corrected chi connectivity index (χ2v) is 7.40. The summed E-state index contributed by atoms with van der Waals surface area (Å²) < 4.78 is 26.8. The van der Waals surface area contributed by atoms with Crippen LogP contribution in [0.3, 0.4) is 0 Å². The molecule has 1 aliphatic heterocycles. The number of carbonyl (C=O) groups excluding carboxylic acids is 1. The van der Waals surface area contributed by atoms with Crippen LogP contribution in [0.1, 0.15) is 24.8 Å². The van der Waals surface area contributed by atoms with Gasteiger partial charge in [-0.05, 0) is 44.2 Å². The molecule has 1 aromatic carbocycles. The largest absolute Gasteiger partial charge is 0.301 e. The van der Waals surface area contributed by atoms with E-state index in [9.17, 15) is 13.2 Å². The highest BCUT2D eigenvalue weighted by Crippen LogP contribution is 2.54. The molecule has 5 heteroatoms. The molecule has 3 rings (SSSR count). The summed E-state index contributed by atoms with van der Waals surface area (Å²) in [5, 5.41) is 0. The molecule has 102 valence electrons. The molecule has 1 saturated heterocycles. The molecule has 2 fully saturated rings. The number of carbonyl (C=O) groups is 1. The predicted molar refractivity (Wildman–Crippen MR) is 71.2 cm³/mol. The smallest absolute Gasteiger partial charge is 0.243 e. The number of fused-ring (bicyclic) bond motifs is 1. The maximum absolute atomic E-state index is 12.7. The zero-order chi connectivity index (χ0) is 13.7. The molecule has 2 aliphatic rings. The van der Waals surface area contributed by atoms with E-state index in [0.717, 1.165) is 24.7 Å². The van der Waals surface area contributed by atoms with Crippen molar-refractivity contribution in [2.45, 2.75) is 36.6 Å². The van der Waals surface area contributed by atoms with Crippen LogP contribution in [-0.2, 0) is 14.8 Å². The Morgan fingerprint density at radius 3 is 2.63 bits per heavy atom. The van der Waals surface area contributed by atoms with E-state index >= 15 is 0 Å². The highest BCUT2D eigenvalue weighted by atomic mass is 32.2. The summed E-state index contributed by atoms with van der Waals surface area (Å²) in [6, 6.07) is 6.81. The van der Waals surface area contributed by atoms with Gasteiger partial charge in [0.1, 0.15) is 6.29 Å². The second-order valence-electron chi connectivity index (χ2n) is 5.54. The number of rotatable bonds is 3. The van der Waals surface area contributed by atoms with Crippen LogP contribution in [0.25, 0.3) is 0 Å². The van der Waals surface area contributed by atoms with E-state index in [1.54, 1.807) is 24.3 Å². The minimum atomic E-state index is -3.55. The van der Waals surface area contributed by atoms with Crippen LogP contribution in [0.2, 0.25) is 0 Å². The fraction of sp³-hybridized carbons (Fsp3) is 0.500. The van der Waals surface area contributed by atoms with Gasteiger partial charge in [-0.25, -0.2) is 8.42 Å². The van der Waals surface area contributed by atoms with Gasteiger partial charge in [0.05, 0.1) is 10.4 Å². The van der Waals surface area contributed by atoms with Crippen molar-refractivity contribution < 1.29 is 13.2 Å². The molecule has 0 radical (unpaired) electrons. The number of aldehydes is 1. The third-order valence-electron chi connectivity index (χ3n) is 4.31. The quantitative estimate of drug-likeness (QED) is 0.792. The number of nitrogens with zero attached hydrogens (tertiary/aromatic N) is 1. The molecule has 0 N–H and O–H groups in total. The van der Waals surface area contributed by atoms with Crippen molar-refractivity contribution in [3.05, 3.63) is 29.8 Å². The van der Waals surface area contributed by atoms with Crippen LogP contribution in [0.15, 0.2) is 29.2 Å². The number of aryl methyl sites for hydroxylation is 1. The number of hydrogen-bond acceptors (Lipinski definition) is 3. The monoisotopic (exact) mass is 279 g/mol. The van der Waals surface area contributed by atoms with E-state index in [2.05, 4.69) is 0 Å². The Morgan fingerprint density at radius 1 is 1.32 bits per heavy atom. The Balaban J connectivity index is 2.00. The number of piperidine rings is 1. The highest BCUT2D eigenvalue weighted by Gasteiger charge is 2.63. The minimum absolute atomic E-state index is 0.221. The van der Waals surface area contributed by atoms with Crippen molar-refractivity contribution in [3.8, 4) is 0 Å². The van der Waals surface area contributed by atoms with Crippen LogP contribution in [0.5, 0.6) is 0 Å². The third kappa shape index (κ3) is 1.83. The van der Waals surface area contributed by atoms with Gasteiger partial charge in [0.25, 0.3) is 0 Å². The number of sulfonamides is 1. The van der Waals surface area contributed by atoms with E-state index in [1.165, 1.54) is 4.31 Å². The van der Waals surface area contributed by atoms with Crippen molar-refractivity contribution in [2.75, 3.05) is 6.54 Å². The van der Waals surface area contributed by atoms with Gasteiger partial charge in [-0.1, -0.05) is 17.7 Å². The number of hydrogen-bond donors (Lipinski definition) is 0. The van der Waals surface area contributed by atoms with E-state index in [0.29, 0.717) is 13.0 Å². The van der Waals surface area contributed by atoms with Crippen LogP contribution < -0.4 is 0 Å². The maximum Gasteiger partial charge on any atom is 0.243 e. The van der Waals surface area contributed by atoms with Crippen molar-refractivity contribution >= 4 is 16.3 Å². The maximum atomic E-state index is 12.7. The lowest BCUT2D eigenvalue weighted by Gasteiger charge is -2.31. The van der Waals surface area contributed by atoms with Crippen molar-refractivity contribution in [1.29, 1.82) is 0 Å². The first kappa shape index (κ1) is 12.8. The van der Waals surface area contributed by atoms with Gasteiger partial charge in [-0.3, -0.25) is 0 Å². The summed E-state index contributed by atoms with van der Waals surface area (Å²) in [7, 11) is -3.55. The Hall–Kier alpha value is -1.20. The fourth-order valence-electron chi connectivity index (χ4n) is 3.07. The molecule has 0 unspecified atom stereocenters. The zero-order valence-corrected chi connectivity index (χ0v) is 11.7. The molecule has 1 heterocycles. The van der Waals surface area contributed by atoms with Gasteiger partial charge < -0.3 is 4.79 Å². The number of benzene rings is 1. The molecule has 0 aromatic heterocycles. The third-order valence-corrected chi connectivity index (χ3v) is 6.28. The molecule has 0 amide bonds. The SMILES string of the molecule is Cc1ccc(S(=O)(=O)N2CCC[C@@H]3C[C@@]32C=O)cc1. The first-order valence-corrected chi connectivity index (χ1v) is 8.00. The molecule has 4 nitrogen and oxygen atoms in total. The normalized spacial score (nSPS) is 30.7. The van der Waals surface area contributed by atoms with Crippen molar-refractivity contribution in [3.63, 3.8) is 0 Å². The van der Waals surface area contributed by atoms with E-state index in [1.807, 2.05) is 6.92 Å². The van der Waals surface area contributed by atoms with E-state index in [4.69, 9.17) is 0 Å². The Kier molecular flexibility index (Phi) is 2.80. The predicted octanol–water partition coefficient (Wildman–Crippen LogP) is 1.74. The van der Waals surface area contributed by atoms with Gasteiger partial charge in [-0.15, -0.1) is 0 Å². The molecule has 0 bridgehead atoms. The van der Waals surface area contributed by atoms with Gasteiger partial charge >= 0.3 is 0 Å². The van der Waals surface area contributed by atoms with Gasteiger partial charge in [-0.2, -0.15) is 4.31 Å². The molecule has 1 aliphatic carbocycles. The van der Waals surface area contributed by atoms with Crippen LogP contribution in [0.4, 0.5) is 0 Å². The molecule has 1 saturated carbocycles. The fourth-order valence-corrected chi connectivity index (χ4v) is 4.89. The Morgan fingerprint density at radius 2 is 2.00 bits per heavy atom. The second kappa shape index (κ2) is 4.15. The highest BCUT2D eigenvalue weighted by molar-refractivity contribution is 7.89. The van der Waals surface area contributed by atoms with Gasteiger partial charge in [0.2, 0.25) is 10.0 Å². The summed E-state index contributed by atoms with van der Waals surface area (Å²) in [6.45, 7) is 2.37. The van der Waals surface area contributed by atoms with Crippen LogP contribution >= 0.6 is 0 Å². The minimum Gasteiger partial charge on any atom is -0.301 e. The Bertz CT molecular complexity index is 608. The van der Waals surface area contributed by atoms with Crippen LogP contribution in [-0.4, -0.2) is 31.1 Å². The summed E-state index contributed by atoms with van der Waals surface area (Å²) in [4.78, 5) is 11.6. The van der Waals surface area contributed by atoms with Crippen molar-refractivity contribution in [2.24, 2.45) is 5.92 Å². The van der Waals surface area contributed by atoms with E-state index < -0.39 is 15.6 Å². The van der Waals surface area contributed by atoms with Crippen molar-refractivity contribution in [1.82, 2.24) is 4.31 Å². The first-order chi connectivity index (χ1) is 9.00. The lowest BCUT2D eigenvalue weighted by Crippen LogP contribution is -2.47. The summed E-state index contributed by atoms with van der Waals surface area (Å²) in [5.74, 6) is 0.221. The lowest BCUT2D eigenvalue weighted by molar-refractivity contribution is -0.113. The lowest BCUT2D eigenvalue weighted by atomic mass is 10.1. The average molecular weight is 279 g/mol. The summed E-state index contributed by atoms with van der Waals surface area (Å²) in [5.41, 5.74) is 0.272. The summed E-state index contributed by atoms with van der Waals surface area (Å²) >= 11 is 0. The topological polar surface area (TPSA) is 54.5 Å². The van der Waals surface area contributed by atoms with Crippen LogP contribution in [0, 0.1) is 12.8 Å². The van der Waals surface area contributed by atoms with E-state index in [-0.39, 0.29) is 10.8 Å².